The molecule has 1 aromatic carbocycles. The summed E-state index contributed by atoms with van der Waals surface area (Å²) in [5.41, 5.74) is 1.23. The maximum absolute atomic E-state index is 4.71. The average molecular weight is 382 g/mol. The first-order valence-corrected chi connectivity index (χ1v) is 10.4. The number of likely N-dealkylation sites (N-methyl/N-ethyl adjacent to an activating group) is 1. The van der Waals surface area contributed by atoms with Crippen LogP contribution in [0.15, 0.2) is 36.4 Å². The molecule has 0 spiro atoms. The number of hydrogen-bond donors (Lipinski definition) is 1. The van der Waals surface area contributed by atoms with Crippen molar-refractivity contribution in [3.63, 3.8) is 0 Å². The summed E-state index contributed by atoms with van der Waals surface area (Å²) in [5, 5.41) is 4.77. The van der Waals surface area contributed by atoms with E-state index < -0.39 is 0 Å². The fourth-order valence-electron chi connectivity index (χ4n) is 3.58. The minimum Gasteiger partial charge on any atom is -0.366 e. The molecule has 1 saturated heterocycles. The maximum Gasteiger partial charge on any atom is 0.138 e. The van der Waals surface area contributed by atoms with E-state index in [2.05, 4.69) is 64.4 Å². The molecule has 1 N–H and O–H groups in total. The Labute approximate surface area is 165 Å². The van der Waals surface area contributed by atoms with E-state index in [9.17, 15) is 0 Å². The molecule has 2 aromatic heterocycles. The van der Waals surface area contributed by atoms with Crippen LogP contribution < -0.4 is 5.32 Å². The van der Waals surface area contributed by atoms with Crippen molar-refractivity contribution in [3.05, 3.63) is 42.2 Å². The minimum atomic E-state index is 0.339. The van der Waals surface area contributed by atoms with Gasteiger partial charge in [-0.15, -0.1) is 11.3 Å². The molecule has 1 aliphatic rings. The Kier molecular flexibility index (Phi) is 5.38. The van der Waals surface area contributed by atoms with Crippen LogP contribution in [0, 0.1) is 6.92 Å². The summed E-state index contributed by atoms with van der Waals surface area (Å²) in [7, 11) is 2.19. The molecule has 27 heavy (non-hydrogen) atoms. The Balaban J connectivity index is 1.55. The van der Waals surface area contributed by atoms with Crippen molar-refractivity contribution in [1.29, 1.82) is 0 Å². The molecular weight excluding hydrogens is 354 g/mol. The number of aryl methyl sites for hydroxylation is 1. The number of benzene rings is 1. The number of thiophene rings is 1. The number of fused-ring (bicyclic) bond motifs is 1. The van der Waals surface area contributed by atoms with Gasteiger partial charge in [0.1, 0.15) is 16.5 Å². The van der Waals surface area contributed by atoms with Crippen LogP contribution in [0.4, 0.5) is 5.82 Å². The molecule has 1 aliphatic heterocycles. The summed E-state index contributed by atoms with van der Waals surface area (Å²) in [6, 6.07) is 13.1. The van der Waals surface area contributed by atoms with Crippen LogP contribution in [-0.4, -0.2) is 65.6 Å². The number of hydrogen-bond acceptors (Lipinski definition) is 6. The molecule has 1 atom stereocenters. The van der Waals surface area contributed by atoms with Crippen molar-refractivity contribution in [1.82, 2.24) is 19.8 Å². The lowest BCUT2D eigenvalue weighted by molar-refractivity contribution is 0.151. The van der Waals surface area contributed by atoms with Gasteiger partial charge in [0.05, 0.1) is 5.39 Å². The molecule has 0 bridgehead atoms. The molecule has 0 aliphatic carbocycles. The molecule has 0 amide bonds. The number of piperazine rings is 1. The van der Waals surface area contributed by atoms with E-state index in [1.165, 1.54) is 10.4 Å². The first-order chi connectivity index (χ1) is 13.1. The summed E-state index contributed by atoms with van der Waals surface area (Å²) >= 11 is 1.73. The van der Waals surface area contributed by atoms with Crippen LogP contribution in [0.1, 0.15) is 12.7 Å². The highest BCUT2D eigenvalue weighted by Crippen LogP contribution is 2.35. The van der Waals surface area contributed by atoms with Gasteiger partial charge in [0.2, 0.25) is 0 Å². The van der Waals surface area contributed by atoms with E-state index in [4.69, 9.17) is 4.98 Å². The summed E-state index contributed by atoms with van der Waals surface area (Å²) in [6.45, 7) is 9.82. The highest BCUT2D eigenvalue weighted by atomic mass is 32.1. The van der Waals surface area contributed by atoms with Crippen LogP contribution in [0.3, 0.4) is 0 Å². The second-order valence-corrected chi connectivity index (χ2v) is 8.49. The van der Waals surface area contributed by atoms with Gasteiger partial charge in [0, 0.05) is 43.6 Å². The first kappa shape index (κ1) is 18.3. The summed E-state index contributed by atoms with van der Waals surface area (Å²) < 4.78 is 0. The largest absolute Gasteiger partial charge is 0.366 e. The standard InChI is InChI=1S/C21H27N5S/c1-15(14-26-11-9-25(3)10-12-26)22-20-18-13-19(17-7-5-4-6-8-17)27-21(18)24-16(2)23-20/h4-8,13,15H,9-12,14H2,1-3H3,(H,22,23,24). The number of nitrogens with zero attached hydrogens (tertiary/aromatic N) is 4. The highest BCUT2D eigenvalue weighted by molar-refractivity contribution is 7.21. The second kappa shape index (κ2) is 7.92. The molecule has 142 valence electrons. The first-order valence-electron chi connectivity index (χ1n) is 9.59. The summed E-state index contributed by atoms with van der Waals surface area (Å²) in [6.07, 6.45) is 0. The summed E-state index contributed by atoms with van der Waals surface area (Å²) in [4.78, 5) is 16.6. The topological polar surface area (TPSA) is 44.3 Å². The monoisotopic (exact) mass is 381 g/mol. The molecule has 0 saturated carbocycles. The van der Waals surface area contributed by atoms with E-state index in [1.54, 1.807) is 11.3 Å². The zero-order chi connectivity index (χ0) is 18.8. The number of aromatic nitrogens is 2. The Morgan fingerprint density at radius 1 is 1.11 bits per heavy atom. The molecule has 3 aromatic rings. The Bertz CT molecular complexity index is 900. The molecule has 4 rings (SSSR count). The van der Waals surface area contributed by atoms with E-state index in [0.29, 0.717) is 6.04 Å². The van der Waals surface area contributed by atoms with Crippen molar-refractivity contribution in [2.75, 3.05) is 45.1 Å². The van der Waals surface area contributed by atoms with Gasteiger partial charge in [0.25, 0.3) is 0 Å². The van der Waals surface area contributed by atoms with Crippen LogP contribution in [0.5, 0.6) is 0 Å². The van der Waals surface area contributed by atoms with Gasteiger partial charge >= 0.3 is 0 Å². The van der Waals surface area contributed by atoms with Crippen molar-refractivity contribution in [2.45, 2.75) is 19.9 Å². The van der Waals surface area contributed by atoms with Crippen LogP contribution in [0.25, 0.3) is 20.7 Å². The third-order valence-corrected chi connectivity index (χ3v) is 6.15. The van der Waals surface area contributed by atoms with E-state index in [-0.39, 0.29) is 0 Å². The van der Waals surface area contributed by atoms with E-state index in [0.717, 1.165) is 54.6 Å². The lowest BCUT2D eigenvalue weighted by Gasteiger charge is -2.34. The van der Waals surface area contributed by atoms with Crippen molar-refractivity contribution < 1.29 is 0 Å². The normalized spacial score (nSPS) is 17.3. The van der Waals surface area contributed by atoms with Gasteiger partial charge in [-0.25, -0.2) is 9.97 Å². The fraction of sp³-hybridized carbons (Fsp3) is 0.429. The lowest BCUT2D eigenvalue weighted by Crippen LogP contribution is -2.47. The van der Waals surface area contributed by atoms with Gasteiger partial charge in [-0.2, -0.15) is 0 Å². The lowest BCUT2D eigenvalue weighted by atomic mass is 10.2. The number of nitrogens with one attached hydrogen (secondary N) is 1. The van der Waals surface area contributed by atoms with Gasteiger partial charge in [0.15, 0.2) is 0 Å². The van der Waals surface area contributed by atoms with E-state index >= 15 is 0 Å². The summed E-state index contributed by atoms with van der Waals surface area (Å²) in [5.74, 6) is 1.77. The zero-order valence-corrected chi connectivity index (χ0v) is 17.1. The fourth-order valence-corrected chi connectivity index (χ4v) is 4.66. The number of anilines is 1. The van der Waals surface area contributed by atoms with Crippen molar-refractivity contribution in [2.24, 2.45) is 0 Å². The predicted molar refractivity (Wildman–Crippen MR) is 115 cm³/mol. The molecule has 0 radical (unpaired) electrons. The smallest absolute Gasteiger partial charge is 0.138 e. The Hall–Kier alpha value is -2.02. The SMILES string of the molecule is Cc1nc(NC(C)CN2CCN(C)CC2)c2cc(-c3ccccc3)sc2n1. The van der Waals surface area contributed by atoms with Gasteiger partial charge in [-0.1, -0.05) is 30.3 Å². The molecule has 6 heteroatoms. The molecule has 5 nitrogen and oxygen atoms in total. The maximum atomic E-state index is 4.71. The molecule has 1 unspecified atom stereocenters. The van der Waals surface area contributed by atoms with E-state index in [1.807, 2.05) is 13.0 Å². The van der Waals surface area contributed by atoms with Crippen molar-refractivity contribution >= 4 is 27.4 Å². The Morgan fingerprint density at radius 2 is 1.85 bits per heavy atom. The minimum absolute atomic E-state index is 0.339. The quantitative estimate of drug-likeness (QED) is 0.730. The van der Waals surface area contributed by atoms with Crippen LogP contribution >= 0.6 is 11.3 Å². The molecule has 1 fully saturated rings. The average Bonchev–Trinajstić information content (AvgIpc) is 3.08. The third kappa shape index (κ3) is 4.29. The number of rotatable bonds is 5. The second-order valence-electron chi connectivity index (χ2n) is 7.46. The molecular formula is C21H27N5S. The highest BCUT2D eigenvalue weighted by Gasteiger charge is 2.18. The van der Waals surface area contributed by atoms with Crippen LogP contribution in [-0.2, 0) is 0 Å². The van der Waals surface area contributed by atoms with Gasteiger partial charge in [-0.05, 0) is 32.5 Å². The predicted octanol–water partition coefficient (Wildman–Crippen LogP) is 3.71. The molecule has 3 heterocycles. The van der Waals surface area contributed by atoms with Crippen molar-refractivity contribution in [3.8, 4) is 10.4 Å². The van der Waals surface area contributed by atoms with Gasteiger partial charge < -0.3 is 10.2 Å². The Morgan fingerprint density at radius 3 is 2.59 bits per heavy atom. The van der Waals surface area contributed by atoms with Gasteiger partial charge in [-0.3, -0.25) is 4.90 Å². The third-order valence-electron chi connectivity index (χ3n) is 5.07. The zero-order valence-electron chi connectivity index (χ0n) is 16.3. The van der Waals surface area contributed by atoms with Crippen LogP contribution in [0.2, 0.25) is 0 Å².